The lowest BCUT2D eigenvalue weighted by atomic mass is 10.1. The van der Waals surface area contributed by atoms with Crippen LogP contribution in [0.4, 0.5) is 4.79 Å². The Balaban J connectivity index is 2.53. The van der Waals surface area contributed by atoms with Gasteiger partial charge >= 0.3 is 18.0 Å². The number of carboxylic acids is 1. The average Bonchev–Trinajstić information content (AvgIpc) is 2.54. The molecule has 8 nitrogen and oxygen atoms in total. The van der Waals surface area contributed by atoms with Gasteiger partial charge in [0.15, 0.2) is 6.61 Å². The molecule has 0 unspecified atom stereocenters. The Labute approximate surface area is 171 Å². The first-order valence-electron chi connectivity index (χ1n) is 9.41. The van der Waals surface area contributed by atoms with Gasteiger partial charge in [0.2, 0.25) is 0 Å². The van der Waals surface area contributed by atoms with Gasteiger partial charge in [-0.2, -0.15) is 0 Å². The van der Waals surface area contributed by atoms with E-state index in [9.17, 15) is 19.5 Å². The normalized spacial score (nSPS) is 12.6. The van der Waals surface area contributed by atoms with E-state index in [-0.39, 0.29) is 13.0 Å². The van der Waals surface area contributed by atoms with Crippen LogP contribution in [0.25, 0.3) is 0 Å². The zero-order valence-electron chi connectivity index (χ0n) is 17.9. The zero-order chi connectivity index (χ0) is 22.2. The predicted molar refractivity (Wildman–Crippen MR) is 107 cm³/mol. The molecule has 0 heterocycles. The van der Waals surface area contributed by atoms with Crippen molar-refractivity contribution in [2.24, 2.45) is 0 Å². The second-order valence-corrected chi connectivity index (χ2v) is 8.59. The molecule has 0 saturated heterocycles. The van der Waals surface area contributed by atoms with Crippen LogP contribution in [0.1, 0.15) is 53.5 Å². The van der Waals surface area contributed by atoms with Gasteiger partial charge in [-0.05, 0) is 72.1 Å². The highest BCUT2D eigenvalue weighted by Gasteiger charge is 2.23. The van der Waals surface area contributed by atoms with E-state index in [0.29, 0.717) is 12.2 Å². The molecule has 0 saturated carbocycles. The summed E-state index contributed by atoms with van der Waals surface area (Å²) in [6.07, 6.45) is -0.137. The summed E-state index contributed by atoms with van der Waals surface area (Å²) in [7, 11) is 0. The number of hydrogen-bond acceptors (Lipinski definition) is 6. The summed E-state index contributed by atoms with van der Waals surface area (Å²) in [5.41, 5.74) is -0.410. The van der Waals surface area contributed by atoms with Crippen molar-refractivity contribution >= 4 is 18.0 Å². The van der Waals surface area contributed by atoms with Crippen LogP contribution in [0, 0.1) is 0 Å². The SMILES string of the molecule is CC(C)(C)OC(=O)COc1ccc(CC[C@H](NC(=O)OC(C)(C)C)C(=O)O)cc1. The minimum atomic E-state index is -1.13. The molecule has 1 atom stereocenters. The number of hydrogen-bond donors (Lipinski definition) is 2. The van der Waals surface area contributed by atoms with E-state index in [0.717, 1.165) is 5.56 Å². The molecule has 0 fully saturated rings. The van der Waals surface area contributed by atoms with Gasteiger partial charge in [-0.1, -0.05) is 12.1 Å². The number of amides is 1. The van der Waals surface area contributed by atoms with Crippen molar-refractivity contribution in [1.82, 2.24) is 5.32 Å². The zero-order valence-corrected chi connectivity index (χ0v) is 17.9. The first-order valence-corrected chi connectivity index (χ1v) is 9.41. The number of aliphatic carboxylic acids is 1. The molecule has 1 aromatic rings. The standard InChI is InChI=1S/C21H31NO7/c1-20(2,3)28-17(23)13-27-15-10-7-14(8-11-15)9-12-16(18(24)25)22-19(26)29-21(4,5)6/h7-8,10-11,16H,9,12-13H2,1-6H3,(H,22,26)(H,24,25)/t16-/m0/s1. The average molecular weight is 409 g/mol. The number of alkyl carbamates (subject to hydrolysis) is 1. The molecule has 0 aliphatic carbocycles. The number of aryl methyl sites for hydroxylation is 1. The second kappa shape index (κ2) is 10.1. The Hall–Kier alpha value is -2.77. The van der Waals surface area contributed by atoms with Crippen LogP contribution in [-0.4, -0.2) is 47.0 Å². The number of carboxylic acid groups (broad SMARTS) is 1. The van der Waals surface area contributed by atoms with E-state index in [1.165, 1.54) is 0 Å². The van der Waals surface area contributed by atoms with Gasteiger partial charge in [0.25, 0.3) is 0 Å². The van der Waals surface area contributed by atoms with Gasteiger partial charge < -0.3 is 24.6 Å². The van der Waals surface area contributed by atoms with Crippen molar-refractivity contribution in [3.63, 3.8) is 0 Å². The smallest absolute Gasteiger partial charge is 0.408 e. The van der Waals surface area contributed by atoms with Crippen LogP contribution < -0.4 is 10.1 Å². The first-order chi connectivity index (χ1) is 13.2. The number of nitrogens with one attached hydrogen (secondary N) is 1. The van der Waals surface area contributed by atoms with E-state index in [4.69, 9.17) is 14.2 Å². The Morgan fingerprint density at radius 1 is 0.966 bits per heavy atom. The maximum absolute atomic E-state index is 11.8. The van der Waals surface area contributed by atoms with Crippen molar-refractivity contribution in [3.05, 3.63) is 29.8 Å². The van der Waals surface area contributed by atoms with Crippen LogP contribution >= 0.6 is 0 Å². The number of rotatable bonds is 8. The van der Waals surface area contributed by atoms with Gasteiger partial charge in [0, 0.05) is 0 Å². The van der Waals surface area contributed by atoms with Crippen molar-refractivity contribution in [1.29, 1.82) is 0 Å². The molecule has 0 spiro atoms. The van der Waals surface area contributed by atoms with Crippen LogP contribution in [0.5, 0.6) is 5.75 Å². The molecule has 0 aromatic heterocycles. The Bertz CT molecular complexity index is 699. The molecule has 0 aliphatic rings. The highest BCUT2D eigenvalue weighted by Crippen LogP contribution is 2.15. The number of esters is 1. The van der Waals surface area contributed by atoms with E-state index in [1.807, 2.05) is 0 Å². The molecule has 0 aliphatic heterocycles. The summed E-state index contributed by atoms with van der Waals surface area (Å²) >= 11 is 0. The van der Waals surface area contributed by atoms with Gasteiger partial charge in [-0.3, -0.25) is 0 Å². The third kappa shape index (κ3) is 11.0. The summed E-state index contributed by atoms with van der Waals surface area (Å²) in [6.45, 7) is 10.3. The topological polar surface area (TPSA) is 111 Å². The van der Waals surface area contributed by atoms with Crippen molar-refractivity contribution in [2.45, 2.75) is 71.6 Å². The third-order valence-electron chi connectivity index (χ3n) is 3.41. The summed E-state index contributed by atoms with van der Waals surface area (Å²) in [5, 5.41) is 11.7. The van der Waals surface area contributed by atoms with Gasteiger partial charge in [-0.15, -0.1) is 0 Å². The molecule has 1 aromatic carbocycles. The highest BCUT2D eigenvalue weighted by molar-refractivity contribution is 5.80. The van der Waals surface area contributed by atoms with Crippen LogP contribution in [-0.2, 0) is 25.5 Å². The fourth-order valence-corrected chi connectivity index (χ4v) is 2.28. The van der Waals surface area contributed by atoms with Crippen LogP contribution in [0.15, 0.2) is 24.3 Å². The maximum atomic E-state index is 11.8. The Morgan fingerprint density at radius 2 is 1.52 bits per heavy atom. The van der Waals surface area contributed by atoms with E-state index < -0.39 is 35.3 Å². The lowest BCUT2D eigenvalue weighted by Crippen LogP contribution is -2.43. The number of carbonyl (C=O) groups is 3. The fourth-order valence-electron chi connectivity index (χ4n) is 2.28. The molecule has 162 valence electrons. The second-order valence-electron chi connectivity index (χ2n) is 8.59. The predicted octanol–water partition coefficient (Wildman–Crippen LogP) is 3.32. The van der Waals surface area contributed by atoms with Crippen molar-refractivity contribution < 1.29 is 33.7 Å². The molecule has 8 heteroatoms. The van der Waals surface area contributed by atoms with Gasteiger partial charge in [0.05, 0.1) is 0 Å². The van der Waals surface area contributed by atoms with Gasteiger partial charge in [-0.25, -0.2) is 14.4 Å². The molecule has 0 bridgehead atoms. The molecular weight excluding hydrogens is 378 g/mol. The monoisotopic (exact) mass is 409 g/mol. The molecule has 0 radical (unpaired) electrons. The first kappa shape index (κ1) is 24.3. The molecule has 29 heavy (non-hydrogen) atoms. The van der Waals surface area contributed by atoms with Gasteiger partial charge in [0.1, 0.15) is 23.0 Å². The molecule has 1 amide bonds. The van der Waals surface area contributed by atoms with E-state index in [1.54, 1.807) is 65.8 Å². The summed E-state index contributed by atoms with van der Waals surface area (Å²) in [6, 6.07) is 5.87. The lowest BCUT2D eigenvalue weighted by molar-refractivity contribution is -0.157. The molecule has 1 rings (SSSR count). The quantitative estimate of drug-likeness (QED) is 0.634. The fraction of sp³-hybridized carbons (Fsp3) is 0.571. The van der Waals surface area contributed by atoms with Crippen molar-refractivity contribution in [3.8, 4) is 5.75 Å². The van der Waals surface area contributed by atoms with Crippen molar-refractivity contribution in [2.75, 3.05) is 6.61 Å². The van der Waals surface area contributed by atoms with Crippen LogP contribution in [0.2, 0.25) is 0 Å². The lowest BCUT2D eigenvalue weighted by Gasteiger charge is -2.22. The van der Waals surface area contributed by atoms with Crippen LogP contribution in [0.3, 0.4) is 0 Å². The van der Waals surface area contributed by atoms with E-state index >= 15 is 0 Å². The highest BCUT2D eigenvalue weighted by atomic mass is 16.6. The molecule has 2 N–H and O–H groups in total. The minimum absolute atomic E-state index is 0.197. The summed E-state index contributed by atoms with van der Waals surface area (Å²) in [4.78, 5) is 34.8. The maximum Gasteiger partial charge on any atom is 0.408 e. The molecular formula is C21H31NO7. The largest absolute Gasteiger partial charge is 0.482 e. The number of carbonyl (C=O) groups excluding carboxylic acids is 2. The minimum Gasteiger partial charge on any atom is -0.482 e. The number of ether oxygens (including phenoxy) is 3. The van der Waals surface area contributed by atoms with E-state index in [2.05, 4.69) is 5.32 Å². The summed E-state index contributed by atoms with van der Waals surface area (Å²) < 4.78 is 15.7. The number of benzene rings is 1. The Morgan fingerprint density at radius 3 is 2.00 bits per heavy atom. The summed E-state index contributed by atoms with van der Waals surface area (Å²) in [5.74, 6) is -1.09. The Kier molecular flexibility index (Phi) is 8.48. The third-order valence-corrected chi connectivity index (χ3v) is 3.41.